The van der Waals surface area contributed by atoms with E-state index in [1.807, 2.05) is 13.8 Å². The molecular formula is C20H33N7O6S. The largest absolute Gasteiger partial charge is 0.480 e. The van der Waals surface area contributed by atoms with Gasteiger partial charge >= 0.3 is 5.97 Å². The van der Waals surface area contributed by atoms with Crippen molar-refractivity contribution in [2.45, 2.75) is 63.7 Å². The first kappa shape index (κ1) is 28.9. The van der Waals surface area contributed by atoms with Crippen molar-refractivity contribution in [3.63, 3.8) is 0 Å². The van der Waals surface area contributed by atoms with E-state index in [9.17, 15) is 29.1 Å². The van der Waals surface area contributed by atoms with Gasteiger partial charge in [-0.15, -0.1) is 0 Å². The molecule has 0 aliphatic carbocycles. The first-order chi connectivity index (χ1) is 15.9. The minimum absolute atomic E-state index is 0.00789. The summed E-state index contributed by atoms with van der Waals surface area (Å²) in [5.41, 5.74) is 11.3. The lowest BCUT2D eigenvalue weighted by Crippen LogP contribution is -2.58. The van der Waals surface area contributed by atoms with Crippen LogP contribution in [0.15, 0.2) is 12.5 Å². The average molecular weight is 500 g/mol. The summed E-state index contributed by atoms with van der Waals surface area (Å²) in [5.74, 6) is -4.05. The van der Waals surface area contributed by atoms with Crippen molar-refractivity contribution in [2.75, 3.05) is 5.75 Å². The number of carboxylic acid groups (broad SMARTS) is 1. The molecule has 4 atom stereocenters. The van der Waals surface area contributed by atoms with Gasteiger partial charge in [0.1, 0.15) is 18.1 Å². The number of aromatic nitrogens is 2. The Morgan fingerprint density at radius 1 is 1.06 bits per heavy atom. The molecule has 0 aliphatic heterocycles. The zero-order valence-electron chi connectivity index (χ0n) is 19.1. The molecule has 190 valence electrons. The van der Waals surface area contributed by atoms with Crippen molar-refractivity contribution in [1.82, 2.24) is 25.9 Å². The smallest absolute Gasteiger partial charge is 0.326 e. The van der Waals surface area contributed by atoms with Crippen LogP contribution in [0.4, 0.5) is 0 Å². The number of aliphatic carboxylic acids is 1. The van der Waals surface area contributed by atoms with Crippen molar-refractivity contribution < 1.29 is 29.1 Å². The van der Waals surface area contributed by atoms with E-state index in [2.05, 4.69) is 38.5 Å². The van der Waals surface area contributed by atoms with Crippen molar-refractivity contribution in [1.29, 1.82) is 0 Å². The van der Waals surface area contributed by atoms with Gasteiger partial charge in [-0.05, 0) is 18.8 Å². The Hall–Kier alpha value is -3.13. The van der Waals surface area contributed by atoms with E-state index in [1.54, 1.807) is 0 Å². The van der Waals surface area contributed by atoms with Gasteiger partial charge in [-0.1, -0.05) is 13.8 Å². The topological polar surface area (TPSA) is 222 Å². The van der Waals surface area contributed by atoms with Crippen molar-refractivity contribution in [3.05, 3.63) is 18.2 Å². The van der Waals surface area contributed by atoms with E-state index in [0.29, 0.717) is 5.69 Å². The van der Waals surface area contributed by atoms with E-state index < -0.39 is 53.8 Å². The number of imidazole rings is 1. The van der Waals surface area contributed by atoms with Gasteiger partial charge in [0.15, 0.2) is 0 Å². The lowest BCUT2D eigenvalue weighted by Gasteiger charge is -2.25. The van der Waals surface area contributed by atoms with Gasteiger partial charge in [0.25, 0.3) is 0 Å². The molecule has 1 rings (SSSR count). The van der Waals surface area contributed by atoms with Gasteiger partial charge in [-0.3, -0.25) is 19.2 Å². The molecule has 0 saturated carbocycles. The molecule has 0 fully saturated rings. The Balaban J connectivity index is 3.07. The zero-order chi connectivity index (χ0) is 25.8. The number of H-pyrrole nitrogens is 1. The minimum Gasteiger partial charge on any atom is -0.480 e. The number of primary amides is 1. The summed E-state index contributed by atoms with van der Waals surface area (Å²) >= 11 is 3.95. The highest BCUT2D eigenvalue weighted by Crippen LogP contribution is 2.08. The predicted octanol–water partition coefficient (Wildman–Crippen LogP) is -1.94. The van der Waals surface area contributed by atoms with Crippen LogP contribution < -0.4 is 27.4 Å². The van der Waals surface area contributed by atoms with Crippen LogP contribution in [-0.2, 0) is 30.4 Å². The van der Waals surface area contributed by atoms with Crippen LogP contribution in [0.3, 0.4) is 0 Å². The third kappa shape index (κ3) is 10.2. The third-order valence-corrected chi connectivity index (χ3v) is 5.17. The maximum absolute atomic E-state index is 13.0. The molecule has 9 N–H and O–H groups in total. The fourth-order valence-electron chi connectivity index (χ4n) is 2.98. The van der Waals surface area contributed by atoms with Crippen LogP contribution in [0.5, 0.6) is 0 Å². The van der Waals surface area contributed by atoms with Gasteiger partial charge in [-0.2, -0.15) is 12.6 Å². The molecule has 34 heavy (non-hydrogen) atoms. The summed E-state index contributed by atoms with van der Waals surface area (Å²) in [6, 6.07) is -4.57. The molecule has 1 heterocycles. The Labute approximate surface area is 202 Å². The second-order valence-electron chi connectivity index (χ2n) is 8.23. The van der Waals surface area contributed by atoms with Crippen LogP contribution in [0.25, 0.3) is 0 Å². The maximum atomic E-state index is 13.0. The highest BCUT2D eigenvalue weighted by Gasteiger charge is 2.31. The number of hydrogen-bond acceptors (Lipinski definition) is 8. The first-order valence-corrected chi connectivity index (χ1v) is 11.3. The second-order valence-corrected chi connectivity index (χ2v) is 8.59. The third-order valence-electron chi connectivity index (χ3n) is 4.78. The zero-order valence-corrected chi connectivity index (χ0v) is 20.0. The Morgan fingerprint density at radius 3 is 2.15 bits per heavy atom. The summed E-state index contributed by atoms with van der Waals surface area (Å²) in [6.07, 6.45) is 2.66. The maximum Gasteiger partial charge on any atom is 0.326 e. The molecule has 0 aliphatic rings. The number of hydrogen-bond donors (Lipinski definition) is 8. The van der Waals surface area contributed by atoms with Gasteiger partial charge in [-0.25, -0.2) is 9.78 Å². The summed E-state index contributed by atoms with van der Waals surface area (Å²) in [7, 11) is 0. The van der Waals surface area contributed by atoms with Crippen LogP contribution in [0.1, 0.15) is 38.8 Å². The van der Waals surface area contributed by atoms with E-state index in [-0.39, 0.29) is 37.4 Å². The van der Waals surface area contributed by atoms with E-state index >= 15 is 0 Å². The molecule has 0 aromatic carbocycles. The fraction of sp³-hybridized carbons (Fsp3) is 0.600. The fourth-order valence-corrected chi connectivity index (χ4v) is 3.15. The molecular weight excluding hydrogens is 466 g/mol. The molecule has 13 nitrogen and oxygen atoms in total. The lowest BCUT2D eigenvalue weighted by molar-refractivity contribution is -0.142. The number of nitrogens with one attached hydrogen (secondary N) is 4. The second kappa shape index (κ2) is 14.2. The number of carbonyl (C=O) groups excluding carboxylic acids is 4. The minimum atomic E-state index is -1.21. The lowest BCUT2D eigenvalue weighted by atomic mass is 10.0. The number of rotatable bonds is 15. The monoisotopic (exact) mass is 499 g/mol. The quantitative estimate of drug-likeness (QED) is 0.126. The van der Waals surface area contributed by atoms with E-state index in [0.717, 1.165) is 0 Å². The summed E-state index contributed by atoms with van der Waals surface area (Å²) in [4.78, 5) is 67.6. The number of thiol groups is 1. The number of aromatic amines is 1. The number of carboxylic acids is 1. The molecule has 14 heteroatoms. The van der Waals surface area contributed by atoms with Gasteiger partial charge < -0.3 is 37.5 Å². The van der Waals surface area contributed by atoms with Crippen LogP contribution in [0.2, 0.25) is 0 Å². The van der Waals surface area contributed by atoms with Crippen LogP contribution in [0, 0.1) is 5.92 Å². The Bertz CT molecular complexity index is 848. The highest BCUT2D eigenvalue weighted by molar-refractivity contribution is 7.80. The number of amides is 4. The van der Waals surface area contributed by atoms with E-state index in [4.69, 9.17) is 11.5 Å². The van der Waals surface area contributed by atoms with E-state index in [1.165, 1.54) is 12.5 Å². The summed E-state index contributed by atoms with van der Waals surface area (Å²) in [5, 5.41) is 16.8. The predicted molar refractivity (Wildman–Crippen MR) is 125 cm³/mol. The molecule has 4 amide bonds. The van der Waals surface area contributed by atoms with Crippen LogP contribution >= 0.6 is 12.6 Å². The molecule has 1 aromatic rings. The molecule has 0 radical (unpaired) electrons. The Morgan fingerprint density at radius 2 is 1.65 bits per heavy atom. The summed E-state index contributed by atoms with van der Waals surface area (Å²) < 4.78 is 0. The van der Waals surface area contributed by atoms with Gasteiger partial charge in [0, 0.05) is 30.5 Å². The normalized spacial score (nSPS) is 14.5. The molecule has 1 aromatic heterocycles. The van der Waals surface area contributed by atoms with Crippen molar-refractivity contribution >= 4 is 42.2 Å². The number of nitrogens with zero attached hydrogens (tertiary/aromatic N) is 1. The SMILES string of the molecule is CC(C)CC(NC(=O)C(Cc1cnc[nH]1)NC(=O)C(CCC(N)=O)NC(=O)C(N)CS)C(=O)O. The molecule has 0 saturated heterocycles. The highest BCUT2D eigenvalue weighted by atomic mass is 32.1. The number of nitrogens with two attached hydrogens (primary N) is 2. The first-order valence-electron chi connectivity index (χ1n) is 10.7. The van der Waals surface area contributed by atoms with Gasteiger partial charge in [0.2, 0.25) is 23.6 Å². The molecule has 0 spiro atoms. The standard InChI is InChI=1S/C20H33N7O6S/c1-10(2)5-15(20(32)33)27-19(31)14(6-11-7-23-9-24-11)26-18(30)13(3-4-16(22)28)25-17(29)12(21)8-34/h7,9-10,12-15,34H,3-6,8,21H2,1-2H3,(H2,22,28)(H,23,24)(H,25,29)(H,26,30)(H,27,31)(H,32,33). The van der Waals surface area contributed by atoms with Gasteiger partial charge in [0.05, 0.1) is 12.4 Å². The van der Waals surface area contributed by atoms with Crippen molar-refractivity contribution in [3.8, 4) is 0 Å². The average Bonchev–Trinajstić information content (AvgIpc) is 3.27. The van der Waals surface area contributed by atoms with Crippen LogP contribution in [-0.4, -0.2) is 74.6 Å². The summed E-state index contributed by atoms with van der Waals surface area (Å²) in [6.45, 7) is 3.63. The molecule has 4 unspecified atom stereocenters. The Kier molecular flexibility index (Phi) is 12.1. The molecule has 0 bridgehead atoms. The van der Waals surface area contributed by atoms with Crippen molar-refractivity contribution in [2.24, 2.45) is 17.4 Å². The number of carbonyl (C=O) groups is 5.